The molecule has 0 bridgehead atoms. The highest BCUT2D eigenvalue weighted by Crippen LogP contribution is 2.16. The summed E-state index contributed by atoms with van der Waals surface area (Å²) in [5.41, 5.74) is 1.72. The summed E-state index contributed by atoms with van der Waals surface area (Å²) >= 11 is 5.98. The van der Waals surface area contributed by atoms with Gasteiger partial charge in [0, 0.05) is 16.7 Å². The number of anilines is 1. The number of rotatable bonds is 4. The third-order valence-electron chi connectivity index (χ3n) is 3.61. The van der Waals surface area contributed by atoms with E-state index < -0.39 is 5.82 Å². The van der Waals surface area contributed by atoms with Crippen LogP contribution in [0.15, 0.2) is 54.7 Å². The van der Waals surface area contributed by atoms with Gasteiger partial charge in [-0.3, -0.25) is 4.79 Å². The molecule has 0 spiro atoms. The van der Waals surface area contributed by atoms with Crippen LogP contribution in [0.3, 0.4) is 0 Å². The quantitative estimate of drug-likeness (QED) is 0.768. The van der Waals surface area contributed by atoms with E-state index in [9.17, 15) is 9.18 Å². The summed E-state index contributed by atoms with van der Waals surface area (Å²) in [6, 6.07) is 13.5. The smallest absolute Gasteiger partial charge is 0.256 e. The molecule has 4 nitrogen and oxygen atoms in total. The molecule has 3 rings (SSSR count). The Balaban J connectivity index is 1.77. The van der Waals surface area contributed by atoms with Crippen LogP contribution in [0.25, 0.3) is 0 Å². The number of amides is 1. The molecule has 122 valence electrons. The number of benzene rings is 2. The molecule has 0 radical (unpaired) electrons. The van der Waals surface area contributed by atoms with Crippen LogP contribution in [0.2, 0.25) is 5.02 Å². The predicted octanol–water partition coefficient (Wildman–Crippen LogP) is 4.28. The number of hydrogen-bond donors (Lipinski definition) is 1. The topological polar surface area (TPSA) is 46.9 Å². The minimum absolute atomic E-state index is 0.258. The van der Waals surface area contributed by atoms with E-state index in [1.807, 2.05) is 18.2 Å². The molecule has 0 aliphatic heterocycles. The molecule has 2 aromatic carbocycles. The van der Waals surface area contributed by atoms with Crippen molar-refractivity contribution in [1.29, 1.82) is 0 Å². The second kappa shape index (κ2) is 6.84. The van der Waals surface area contributed by atoms with Gasteiger partial charge in [0.2, 0.25) is 0 Å². The molecule has 0 saturated carbocycles. The molecule has 0 unspecified atom stereocenters. The fourth-order valence-corrected chi connectivity index (χ4v) is 2.51. The van der Waals surface area contributed by atoms with Crippen molar-refractivity contribution in [3.63, 3.8) is 0 Å². The molecule has 0 fully saturated rings. The van der Waals surface area contributed by atoms with Crippen molar-refractivity contribution < 1.29 is 9.18 Å². The van der Waals surface area contributed by atoms with Crippen molar-refractivity contribution in [2.45, 2.75) is 13.5 Å². The molecule has 6 heteroatoms. The molecule has 0 aliphatic carbocycles. The molecule has 0 aliphatic rings. The summed E-state index contributed by atoms with van der Waals surface area (Å²) in [5, 5.41) is 7.59. The normalized spacial score (nSPS) is 10.6. The molecule has 1 amide bonds. The van der Waals surface area contributed by atoms with E-state index in [0.717, 1.165) is 5.56 Å². The van der Waals surface area contributed by atoms with Gasteiger partial charge < -0.3 is 5.32 Å². The average molecular weight is 344 g/mol. The van der Waals surface area contributed by atoms with Crippen molar-refractivity contribution in [2.24, 2.45) is 0 Å². The van der Waals surface area contributed by atoms with E-state index in [-0.39, 0.29) is 11.5 Å². The third-order valence-corrected chi connectivity index (χ3v) is 3.85. The monoisotopic (exact) mass is 343 g/mol. The van der Waals surface area contributed by atoms with Gasteiger partial charge in [-0.25, -0.2) is 9.07 Å². The zero-order valence-corrected chi connectivity index (χ0v) is 13.7. The van der Waals surface area contributed by atoms with Gasteiger partial charge in [0.1, 0.15) is 11.6 Å². The summed E-state index contributed by atoms with van der Waals surface area (Å²) in [6.07, 6.45) is 1.59. The van der Waals surface area contributed by atoms with Crippen LogP contribution >= 0.6 is 11.6 Å². The summed E-state index contributed by atoms with van der Waals surface area (Å²) in [4.78, 5) is 12.3. The molecule has 0 saturated heterocycles. The first kappa shape index (κ1) is 16.2. The zero-order valence-electron chi connectivity index (χ0n) is 13.0. The Labute approximate surface area is 143 Å². The minimum Gasteiger partial charge on any atom is -0.307 e. The maximum Gasteiger partial charge on any atom is 0.256 e. The Morgan fingerprint density at radius 1 is 1.25 bits per heavy atom. The highest BCUT2D eigenvalue weighted by Gasteiger charge is 2.11. The Hall–Kier alpha value is -2.66. The van der Waals surface area contributed by atoms with Crippen LogP contribution in [0.5, 0.6) is 0 Å². The lowest BCUT2D eigenvalue weighted by atomic mass is 10.1. The molecular weight excluding hydrogens is 329 g/mol. The molecule has 3 aromatic rings. The Bertz CT molecular complexity index is 891. The van der Waals surface area contributed by atoms with Crippen molar-refractivity contribution in [3.05, 3.63) is 82.3 Å². The van der Waals surface area contributed by atoms with Crippen molar-refractivity contribution in [2.75, 3.05) is 5.32 Å². The number of aryl methyl sites for hydroxylation is 1. The summed E-state index contributed by atoms with van der Waals surface area (Å²) in [5.74, 6) is -0.266. The van der Waals surface area contributed by atoms with Crippen LogP contribution in [0.4, 0.5) is 10.2 Å². The number of halogens is 2. The van der Waals surface area contributed by atoms with Crippen molar-refractivity contribution in [1.82, 2.24) is 9.78 Å². The number of nitrogens with one attached hydrogen (secondary N) is 1. The van der Waals surface area contributed by atoms with Gasteiger partial charge in [-0.05, 0) is 42.3 Å². The summed E-state index contributed by atoms with van der Waals surface area (Å²) in [7, 11) is 0. The molecule has 0 atom stereocenters. The van der Waals surface area contributed by atoms with Gasteiger partial charge in [-0.1, -0.05) is 29.8 Å². The van der Waals surface area contributed by atoms with E-state index in [2.05, 4.69) is 10.4 Å². The summed E-state index contributed by atoms with van der Waals surface area (Å²) < 4.78 is 15.3. The van der Waals surface area contributed by atoms with Gasteiger partial charge in [-0.2, -0.15) is 5.10 Å². The average Bonchev–Trinajstić information content (AvgIpc) is 2.97. The number of nitrogens with zero attached hydrogens (tertiary/aromatic N) is 2. The molecular formula is C18H15ClFN3O. The molecule has 1 aromatic heterocycles. The fourth-order valence-electron chi connectivity index (χ4n) is 2.30. The van der Waals surface area contributed by atoms with Crippen LogP contribution in [-0.2, 0) is 6.54 Å². The van der Waals surface area contributed by atoms with E-state index in [1.165, 1.54) is 6.07 Å². The number of aromatic nitrogens is 2. The standard InChI is InChI=1S/C18H15ClFN3O/c1-12-5-6-14(10-16(12)20)18(24)22-17-7-8-21-23(17)11-13-3-2-4-15(19)9-13/h2-10H,11H2,1H3,(H,22,24). The number of hydrogen-bond acceptors (Lipinski definition) is 2. The minimum atomic E-state index is -0.407. The lowest BCUT2D eigenvalue weighted by Crippen LogP contribution is -2.16. The first-order valence-corrected chi connectivity index (χ1v) is 7.74. The van der Waals surface area contributed by atoms with E-state index in [4.69, 9.17) is 11.6 Å². The first-order chi connectivity index (χ1) is 11.5. The van der Waals surface area contributed by atoms with E-state index in [0.29, 0.717) is 22.9 Å². The SMILES string of the molecule is Cc1ccc(C(=O)Nc2ccnn2Cc2cccc(Cl)c2)cc1F. The number of carbonyl (C=O) groups excluding carboxylic acids is 1. The van der Waals surface area contributed by atoms with Crippen molar-refractivity contribution >= 4 is 23.3 Å². The van der Waals surface area contributed by atoms with Gasteiger partial charge in [0.05, 0.1) is 12.7 Å². The van der Waals surface area contributed by atoms with Gasteiger partial charge in [-0.15, -0.1) is 0 Å². The number of carbonyl (C=O) groups is 1. The Kier molecular flexibility index (Phi) is 4.62. The Morgan fingerprint density at radius 2 is 2.08 bits per heavy atom. The second-order valence-corrected chi connectivity index (χ2v) is 5.86. The lowest BCUT2D eigenvalue weighted by molar-refractivity contribution is 0.102. The fraction of sp³-hybridized carbons (Fsp3) is 0.111. The van der Waals surface area contributed by atoms with Gasteiger partial charge >= 0.3 is 0 Å². The molecule has 1 N–H and O–H groups in total. The third kappa shape index (κ3) is 3.63. The zero-order chi connectivity index (χ0) is 17.1. The first-order valence-electron chi connectivity index (χ1n) is 7.37. The largest absolute Gasteiger partial charge is 0.307 e. The van der Waals surface area contributed by atoms with E-state index >= 15 is 0 Å². The van der Waals surface area contributed by atoms with Gasteiger partial charge in [0.25, 0.3) is 5.91 Å². The predicted molar refractivity (Wildman–Crippen MR) is 91.9 cm³/mol. The lowest BCUT2D eigenvalue weighted by Gasteiger charge is -2.10. The molecule has 24 heavy (non-hydrogen) atoms. The molecule has 1 heterocycles. The van der Waals surface area contributed by atoms with Crippen LogP contribution in [-0.4, -0.2) is 15.7 Å². The summed E-state index contributed by atoms with van der Waals surface area (Å²) in [6.45, 7) is 2.11. The van der Waals surface area contributed by atoms with Crippen LogP contribution < -0.4 is 5.32 Å². The van der Waals surface area contributed by atoms with Gasteiger partial charge in [0.15, 0.2) is 0 Å². The highest BCUT2D eigenvalue weighted by molar-refractivity contribution is 6.30. The van der Waals surface area contributed by atoms with Crippen LogP contribution in [0.1, 0.15) is 21.5 Å². The highest BCUT2D eigenvalue weighted by atomic mass is 35.5. The maximum atomic E-state index is 13.6. The second-order valence-electron chi connectivity index (χ2n) is 5.42. The van der Waals surface area contributed by atoms with E-state index in [1.54, 1.807) is 42.1 Å². The van der Waals surface area contributed by atoms with Crippen molar-refractivity contribution in [3.8, 4) is 0 Å². The van der Waals surface area contributed by atoms with Crippen LogP contribution in [0, 0.1) is 12.7 Å². The Morgan fingerprint density at radius 3 is 2.83 bits per heavy atom. The maximum absolute atomic E-state index is 13.6.